The van der Waals surface area contributed by atoms with Crippen molar-refractivity contribution in [2.45, 2.75) is 53.0 Å². The van der Waals surface area contributed by atoms with Gasteiger partial charge in [0.1, 0.15) is 0 Å². The van der Waals surface area contributed by atoms with Crippen LogP contribution < -0.4 is 11.1 Å². The first kappa shape index (κ1) is 20.3. The lowest BCUT2D eigenvalue weighted by molar-refractivity contribution is 0.201. The Morgan fingerprint density at radius 2 is 1.87 bits per heavy atom. The van der Waals surface area contributed by atoms with Crippen LogP contribution in [0.2, 0.25) is 0 Å². The zero-order valence-electron chi connectivity index (χ0n) is 11.6. The molecule has 0 saturated heterocycles. The van der Waals surface area contributed by atoms with Gasteiger partial charge in [-0.3, -0.25) is 0 Å². The summed E-state index contributed by atoms with van der Waals surface area (Å²) in [5.41, 5.74) is 5.48. The van der Waals surface area contributed by atoms with E-state index in [-0.39, 0.29) is 0 Å². The van der Waals surface area contributed by atoms with Crippen LogP contribution in [0.15, 0.2) is 0 Å². The van der Waals surface area contributed by atoms with E-state index in [1.54, 1.807) is 7.11 Å². The number of rotatable bonds is 6. The average Bonchev–Trinajstić information content (AvgIpc) is 2.27. The molecule has 0 radical (unpaired) electrons. The Morgan fingerprint density at radius 3 is 2.00 bits per heavy atom. The summed E-state index contributed by atoms with van der Waals surface area (Å²) in [6, 6.07) is 0.403. The number of methoxy groups -OCH3 is 1. The fraction of sp³-hybridized carbons (Fsp3) is 1.00. The molecule has 1 unspecified atom stereocenters. The molecule has 0 rings (SSSR count). The number of likely N-dealkylation sites (N-methyl/N-ethyl adjacent to an activating group) is 1. The Bertz CT molecular complexity index is 74.0. The Kier molecular flexibility index (Phi) is 31.9. The molecule has 0 aromatic heterocycles. The van der Waals surface area contributed by atoms with E-state index >= 15 is 0 Å². The van der Waals surface area contributed by atoms with Gasteiger partial charge < -0.3 is 15.8 Å². The number of unbranched alkanes of at least 4 members (excludes halogenated alkanes) is 1. The number of hydrogen-bond donors (Lipinski definition) is 2. The highest BCUT2D eigenvalue weighted by molar-refractivity contribution is 4.50. The molecule has 3 N–H and O–H groups in total. The lowest BCUT2D eigenvalue weighted by atomic mass is 10.2. The Balaban J connectivity index is -0.000000166. The van der Waals surface area contributed by atoms with Crippen molar-refractivity contribution in [2.75, 3.05) is 27.3 Å². The van der Waals surface area contributed by atoms with Crippen LogP contribution in [0.3, 0.4) is 0 Å². The third kappa shape index (κ3) is 41.4. The molecular formula is C12H32N2O. The van der Waals surface area contributed by atoms with E-state index in [0.29, 0.717) is 6.04 Å². The van der Waals surface area contributed by atoms with Gasteiger partial charge in [0.05, 0.1) is 6.61 Å². The van der Waals surface area contributed by atoms with Crippen LogP contribution in [0, 0.1) is 0 Å². The minimum atomic E-state index is 0.403. The SMILES string of the molecule is CC.CCCCC(C)N.CNCCOC. The minimum absolute atomic E-state index is 0.403. The fourth-order valence-corrected chi connectivity index (χ4v) is 0.730. The van der Waals surface area contributed by atoms with Gasteiger partial charge in [-0.15, -0.1) is 0 Å². The summed E-state index contributed by atoms with van der Waals surface area (Å²) in [4.78, 5) is 0. The maximum absolute atomic E-state index is 5.48. The highest BCUT2D eigenvalue weighted by Gasteiger charge is 1.88. The first-order valence-corrected chi connectivity index (χ1v) is 6.08. The summed E-state index contributed by atoms with van der Waals surface area (Å²) in [6.45, 7) is 9.98. The molecule has 0 aromatic rings. The number of hydrogen-bond acceptors (Lipinski definition) is 3. The summed E-state index contributed by atoms with van der Waals surface area (Å²) >= 11 is 0. The first-order valence-electron chi connectivity index (χ1n) is 6.08. The number of nitrogens with two attached hydrogens (primary N) is 1. The molecule has 3 nitrogen and oxygen atoms in total. The summed E-state index contributed by atoms with van der Waals surface area (Å²) < 4.78 is 4.72. The Morgan fingerprint density at radius 1 is 1.33 bits per heavy atom. The van der Waals surface area contributed by atoms with Crippen LogP contribution in [0.1, 0.15) is 47.0 Å². The maximum Gasteiger partial charge on any atom is 0.0587 e. The van der Waals surface area contributed by atoms with Gasteiger partial charge in [0.15, 0.2) is 0 Å². The van der Waals surface area contributed by atoms with Crippen LogP contribution >= 0.6 is 0 Å². The molecule has 0 fully saturated rings. The second-order valence-electron chi connectivity index (χ2n) is 3.22. The molecule has 15 heavy (non-hydrogen) atoms. The van der Waals surface area contributed by atoms with E-state index in [9.17, 15) is 0 Å². The van der Waals surface area contributed by atoms with Crippen molar-refractivity contribution in [3.8, 4) is 0 Å². The van der Waals surface area contributed by atoms with E-state index < -0.39 is 0 Å². The second-order valence-corrected chi connectivity index (χ2v) is 3.22. The van der Waals surface area contributed by atoms with Gasteiger partial charge in [-0.25, -0.2) is 0 Å². The van der Waals surface area contributed by atoms with Crippen molar-refractivity contribution in [3.63, 3.8) is 0 Å². The molecule has 0 aliphatic rings. The monoisotopic (exact) mass is 220 g/mol. The highest BCUT2D eigenvalue weighted by Crippen LogP contribution is 1.95. The van der Waals surface area contributed by atoms with Gasteiger partial charge in [-0.2, -0.15) is 0 Å². The van der Waals surface area contributed by atoms with Gasteiger partial charge in [-0.05, 0) is 20.4 Å². The standard InChI is InChI=1S/C6H15N.C4H11NO.C2H6/c1-3-4-5-6(2)7;1-5-3-4-6-2;1-2/h6H,3-5,7H2,1-2H3;5H,3-4H2,1-2H3;1-2H3. The van der Waals surface area contributed by atoms with Gasteiger partial charge in [0, 0.05) is 19.7 Å². The molecule has 1 atom stereocenters. The van der Waals surface area contributed by atoms with Crippen LogP contribution in [0.5, 0.6) is 0 Å². The van der Waals surface area contributed by atoms with Crippen LogP contribution in [-0.4, -0.2) is 33.4 Å². The van der Waals surface area contributed by atoms with Gasteiger partial charge in [-0.1, -0.05) is 33.6 Å². The number of ether oxygens (including phenoxy) is 1. The van der Waals surface area contributed by atoms with Crippen molar-refractivity contribution >= 4 is 0 Å². The van der Waals surface area contributed by atoms with Crippen molar-refractivity contribution in [2.24, 2.45) is 5.73 Å². The first-order chi connectivity index (χ1) is 7.18. The van der Waals surface area contributed by atoms with E-state index in [1.807, 2.05) is 20.9 Å². The average molecular weight is 220 g/mol. The molecule has 0 aliphatic heterocycles. The minimum Gasteiger partial charge on any atom is -0.383 e. The Hall–Kier alpha value is -0.120. The zero-order valence-corrected chi connectivity index (χ0v) is 11.6. The molecule has 96 valence electrons. The molecule has 0 bridgehead atoms. The van der Waals surface area contributed by atoms with Crippen LogP contribution in [0.4, 0.5) is 0 Å². The van der Waals surface area contributed by atoms with Crippen LogP contribution in [0.25, 0.3) is 0 Å². The molecular weight excluding hydrogens is 188 g/mol. The fourth-order valence-electron chi connectivity index (χ4n) is 0.730. The van der Waals surface area contributed by atoms with E-state index in [1.165, 1.54) is 19.3 Å². The van der Waals surface area contributed by atoms with E-state index in [4.69, 9.17) is 10.5 Å². The Labute approximate surface area is 96.8 Å². The zero-order chi connectivity index (χ0) is 12.5. The summed E-state index contributed by atoms with van der Waals surface area (Å²) in [6.07, 6.45) is 3.72. The van der Waals surface area contributed by atoms with Gasteiger partial charge >= 0.3 is 0 Å². The lowest BCUT2D eigenvalue weighted by Gasteiger charge is -1.99. The third-order valence-corrected chi connectivity index (χ3v) is 1.57. The van der Waals surface area contributed by atoms with Crippen molar-refractivity contribution < 1.29 is 4.74 Å². The summed E-state index contributed by atoms with van der Waals surface area (Å²) in [5.74, 6) is 0. The van der Waals surface area contributed by atoms with Crippen molar-refractivity contribution in [1.29, 1.82) is 0 Å². The molecule has 3 heteroatoms. The van der Waals surface area contributed by atoms with E-state index in [2.05, 4.69) is 19.2 Å². The van der Waals surface area contributed by atoms with Gasteiger partial charge in [0.25, 0.3) is 0 Å². The predicted octanol–water partition coefficient (Wildman–Crippen LogP) is 2.40. The van der Waals surface area contributed by atoms with Crippen molar-refractivity contribution in [3.05, 3.63) is 0 Å². The maximum atomic E-state index is 5.48. The molecule has 0 amide bonds. The molecule has 0 aromatic carbocycles. The molecule has 0 spiro atoms. The lowest BCUT2D eigenvalue weighted by Crippen LogP contribution is -2.13. The highest BCUT2D eigenvalue weighted by atomic mass is 16.5. The second kappa shape index (κ2) is 23.6. The topological polar surface area (TPSA) is 47.3 Å². The largest absolute Gasteiger partial charge is 0.383 e. The van der Waals surface area contributed by atoms with E-state index in [0.717, 1.165) is 13.2 Å². The molecule has 0 heterocycles. The molecule has 0 saturated carbocycles. The predicted molar refractivity (Wildman–Crippen MR) is 70.3 cm³/mol. The normalized spacial score (nSPS) is 10.6. The van der Waals surface area contributed by atoms with Crippen LogP contribution in [-0.2, 0) is 4.74 Å². The quantitative estimate of drug-likeness (QED) is 0.676. The number of nitrogens with one attached hydrogen (secondary N) is 1. The summed E-state index contributed by atoms with van der Waals surface area (Å²) in [5, 5.41) is 2.94. The van der Waals surface area contributed by atoms with Gasteiger partial charge in [0.2, 0.25) is 0 Å². The smallest absolute Gasteiger partial charge is 0.0587 e. The third-order valence-electron chi connectivity index (χ3n) is 1.57. The van der Waals surface area contributed by atoms with Crippen molar-refractivity contribution in [1.82, 2.24) is 5.32 Å². The summed E-state index contributed by atoms with van der Waals surface area (Å²) in [7, 11) is 3.59. The molecule has 0 aliphatic carbocycles.